The summed E-state index contributed by atoms with van der Waals surface area (Å²) in [4.78, 5) is 24.5. The van der Waals surface area contributed by atoms with Crippen LogP contribution in [-0.2, 0) is 9.53 Å². The van der Waals surface area contributed by atoms with E-state index in [1.54, 1.807) is 7.11 Å². The Hall–Kier alpha value is -1.10. The third-order valence-corrected chi connectivity index (χ3v) is 2.50. The number of methoxy groups -OCH3 is 1. The van der Waals surface area contributed by atoms with E-state index in [0.717, 1.165) is 12.8 Å². The van der Waals surface area contributed by atoms with Crippen molar-refractivity contribution in [3.05, 3.63) is 0 Å². The van der Waals surface area contributed by atoms with Gasteiger partial charge in [-0.2, -0.15) is 0 Å². The zero-order valence-electron chi connectivity index (χ0n) is 9.28. The molecule has 0 saturated carbocycles. The van der Waals surface area contributed by atoms with Crippen molar-refractivity contribution >= 4 is 11.9 Å². The lowest BCUT2D eigenvalue weighted by Crippen LogP contribution is -2.41. The minimum atomic E-state index is -0.298. The highest BCUT2D eigenvalue weighted by atomic mass is 16.5. The molecule has 0 aromatic rings. The number of nitrogens with one attached hydrogen (secondary N) is 1. The number of rotatable bonds is 4. The minimum absolute atomic E-state index is 0.148. The summed E-state index contributed by atoms with van der Waals surface area (Å²) in [7, 11) is 1.55. The average Bonchev–Trinajstić information content (AvgIpc) is 2.36. The van der Waals surface area contributed by atoms with Crippen LogP contribution in [0.25, 0.3) is 0 Å². The third kappa shape index (κ3) is 3.20. The van der Waals surface area contributed by atoms with Crippen LogP contribution in [0, 0.1) is 0 Å². The Kier molecular flexibility index (Phi) is 4.55. The lowest BCUT2D eigenvalue weighted by atomic mass is 10.2. The van der Waals surface area contributed by atoms with Crippen LogP contribution in [0.2, 0.25) is 0 Å². The summed E-state index contributed by atoms with van der Waals surface area (Å²) in [5, 5.41) is 2.68. The Balaban J connectivity index is 2.60. The first-order chi connectivity index (χ1) is 7.19. The monoisotopic (exact) mass is 214 g/mol. The molecule has 15 heavy (non-hydrogen) atoms. The third-order valence-electron chi connectivity index (χ3n) is 2.50. The maximum atomic E-state index is 11.7. The molecule has 0 spiro atoms. The Morgan fingerprint density at radius 1 is 1.53 bits per heavy atom. The van der Waals surface area contributed by atoms with Crippen LogP contribution in [0.15, 0.2) is 0 Å². The number of imide groups is 1. The van der Waals surface area contributed by atoms with Gasteiger partial charge in [-0.25, -0.2) is 4.79 Å². The summed E-state index contributed by atoms with van der Waals surface area (Å²) in [6.45, 7) is 2.93. The van der Waals surface area contributed by atoms with E-state index >= 15 is 0 Å². The summed E-state index contributed by atoms with van der Waals surface area (Å²) in [5.41, 5.74) is 0. The second-order valence-electron chi connectivity index (χ2n) is 3.65. The quantitative estimate of drug-likeness (QED) is 0.751. The molecule has 0 aromatic carbocycles. The Morgan fingerprint density at radius 3 is 2.87 bits per heavy atom. The van der Waals surface area contributed by atoms with Gasteiger partial charge in [-0.15, -0.1) is 0 Å². The summed E-state index contributed by atoms with van der Waals surface area (Å²) in [6.07, 6.45) is 1.88. The van der Waals surface area contributed by atoms with Gasteiger partial charge in [0, 0.05) is 20.2 Å². The molecule has 1 N–H and O–H groups in total. The van der Waals surface area contributed by atoms with Gasteiger partial charge in [0.1, 0.15) is 0 Å². The summed E-state index contributed by atoms with van der Waals surface area (Å²) in [6, 6.07) is -0.298. The van der Waals surface area contributed by atoms with Gasteiger partial charge in [-0.3, -0.25) is 9.69 Å². The Morgan fingerprint density at radius 2 is 2.27 bits per heavy atom. The van der Waals surface area contributed by atoms with E-state index in [9.17, 15) is 9.59 Å². The number of urea groups is 1. The van der Waals surface area contributed by atoms with Crippen molar-refractivity contribution in [2.75, 3.05) is 20.2 Å². The molecule has 0 aromatic heterocycles. The van der Waals surface area contributed by atoms with Crippen molar-refractivity contribution in [3.63, 3.8) is 0 Å². The van der Waals surface area contributed by atoms with Crippen LogP contribution in [0.1, 0.15) is 26.2 Å². The molecule has 1 aliphatic heterocycles. The van der Waals surface area contributed by atoms with Crippen LogP contribution in [-0.4, -0.2) is 43.1 Å². The van der Waals surface area contributed by atoms with Crippen molar-refractivity contribution in [2.24, 2.45) is 0 Å². The van der Waals surface area contributed by atoms with Gasteiger partial charge in [0.05, 0.1) is 12.5 Å². The van der Waals surface area contributed by atoms with Crippen molar-refractivity contribution in [2.45, 2.75) is 32.3 Å². The number of carbonyl (C=O) groups excluding carboxylic acids is 2. The lowest BCUT2D eigenvalue weighted by molar-refractivity contribution is -0.129. The average molecular weight is 214 g/mol. The molecule has 5 heteroatoms. The second kappa shape index (κ2) is 5.70. The number of carbonyl (C=O) groups is 2. The van der Waals surface area contributed by atoms with Gasteiger partial charge >= 0.3 is 6.03 Å². The molecule has 1 rings (SSSR count). The van der Waals surface area contributed by atoms with E-state index < -0.39 is 0 Å². The zero-order chi connectivity index (χ0) is 11.3. The number of nitrogens with zero attached hydrogens (tertiary/aromatic N) is 1. The number of hydrogen-bond acceptors (Lipinski definition) is 3. The molecule has 1 heterocycles. The first kappa shape index (κ1) is 12.0. The van der Waals surface area contributed by atoms with Crippen molar-refractivity contribution < 1.29 is 14.3 Å². The molecule has 1 aliphatic rings. The molecule has 0 bridgehead atoms. The van der Waals surface area contributed by atoms with Gasteiger partial charge in [-0.05, 0) is 6.42 Å². The Labute approximate surface area is 89.8 Å². The number of ether oxygens (including phenoxy) is 1. The van der Waals surface area contributed by atoms with Gasteiger partial charge in [0.2, 0.25) is 5.91 Å². The largest absolute Gasteiger partial charge is 0.379 e. The molecular weight excluding hydrogens is 196 g/mol. The fourth-order valence-corrected chi connectivity index (χ4v) is 1.50. The first-order valence-electron chi connectivity index (χ1n) is 5.30. The summed E-state index contributed by atoms with van der Waals surface area (Å²) < 4.78 is 5.08. The fourth-order valence-electron chi connectivity index (χ4n) is 1.50. The normalized spacial score (nSPS) is 22.5. The summed E-state index contributed by atoms with van der Waals surface area (Å²) >= 11 is 0. The molecule has 0 radical (unpaired) electrons. The SMILES string of the molecule is CCCCN1C(=O)CC(OC)CNC1=O. The molecule has 3 amide bonds. The predicted octanol–water partition coefficient (Wildman–Crippen LogP) is 0.743. The summed E-state index contributed by atoms with van der Waals surface area (Å²) in [5.74, 6) is -0.148. The molecule has 86 valence electrons. The fraction of sp³-hybridized carbons (Fsp3) is 0.800. The van der Waals surface area contributed by atoms with Crippen LogP contribution in [0.4, 0.5) is 4.79 Å². The molecule has 1 unspecified atom stereocenters. The number of unbranched alkanes of at least 4 members (excludes halogenated alkanes) is 1. The molecule has 1 atom stereocenters. The second-order valence-corrected chi connectivity index (χ2v) is 3.65. The highest BCUT2D eigenvalue weighted by molar-refractivity contribution is 5.95. The highest BCUT2D eigenvalue weighted by Gasteiger charge is 2.28. The van der Waals surface area contributed by atoms with E-state index in [0.29, 0.717) is 13.1 Å². The smallest absolute Gasteiger partial charge is 0.324 e. The van der Waals surface area contributed by atoms with Gasteiger partial charge in [0.25, 0.3) is 0 Å². The van der Waals surface area contributed by atoms with Gasteiger partial charge in [-0.1, -0.05) is 13.3 Å². The maximum absolute atomic E-state index is 11.7. The predicted molar refractivity (Wildman–Crippen MR) is 55.4 cm³/mol. The van der Waals surface area contributed by atoms with Gasteiger partial charge in [0.15, 0.2) is 0 Å². The van der Waals surface area contributed by atoms with E-state index in [1.807, 2.05) is 6.92 Å². The Bertz CT molecular complexity index is 243. The number of amides is 3. The van der Waals surface area contributed by atoms with Crippen LogP contribution in [0.3, 0.4) is 0 Å². The van der Waals surface area contributed by atoms with Crippen LogP contribution < -0.4 is 5.32 Å². The first-order valence-corrected chi connectivity index (χ1v) is 5.30. The van der Waals surface area contributed by atoms with Gasteiger partial charge < -0.3 is 10.1 Å². The zero-order valence-corrected chi connectivity index (χ0v) is 9.28. The van der Waals surface area contributed by atoms with E-state index in [-0.39, 0.29) is 24.5 Å². The van der Waals surface area contributed by atoms with Crippen molar-refractivity contribution in [3.8, 4) is 0 Å². The van der Waals surface area contributed by atoms with Crippen LogP contribution in [0.5, 0.6) is 0 Å². The van der Waals surface area contributed by atoms with E-state index in [2.05, 4.69) is 5.32 Å². The molecule has 5 nitrogen and oxygen atoms in total. The maximum Gasteiger partial charge on any atom is 0.324 e. The number of hydrogen-bond donors (Lipinski definition) is 1. The van der Waals surface area contributed by atoms with Crippen LogP contribution >= 0.6 is 0 Å². The van der Waals surface area contributed by atoms with Crippen molar-refractivity contribution in [1.29, 1.82) is 0 Å². The molecule has 1 saturated heterocycles. The molecule has 0 aliphatic carbocycles. The molecular formula is C10H18N2O3. The lowest BCUT2D eigenvalue weighted by Gasteiger charge is -2.17. The minimum Gasteiger partial charge on any atom is -0.379 e. The highest BCUT2D eigenvalue weighted by Crippen LogP contribution is 2.08. The topological polar surface area (TPSA) is 58.6 Å². The molecule has 1 fully saturated rings. The van der Waals surface area contributed by atoms with E-state index in [1.165, 1.54) is 4.90 Å². The van der Waals surface area contributed by atoms with Crippen molar-refractivity contribution in [1.82, 2.24) is 10.2 Å². The van der Waals surface area contributed by atoms with E-state index in [4.69, 9.17) is 4.74 Å². The standard InChI is InChI=1S/C10H18N2O3/c1-3-4-5-12-9(13)6-8(15-2)7-11-10(12)14/h8H,3-7H2,1-2H3,(H,11,14).